The second kappa shape index (κ2) is 13.1. The Morgan fingerprint density at radius 1 is 0.720 bits per heavy atom. The Morgan fingerprint density at radius 2 is 1.36 bits per heavy atom. The van der Waals surface area contributed by atoms with E-state index in [-0.39, 0.29) is 65.2 Å². The smallest absolute Gasteiger partial charge is 0.198 e. The molecule has 0 amide bonds. The molecule has 3 aliphatic heterocycles. The Labute approximate surface area is 289 Å². The lowest BCUT2D eigenvalue weighted by Gasteiger charge is -2.43. The number of carbonyl (C=O) groups excluding carboxylic acids is 3. The van der Waals surface area contributed by atoms with Gasteiger partial charge in [0.05, 0.1) is 53.9 Å². The van der Waals surface area contributed by atoms with Crippen LogP contribution in [0.1, 0.15) is 119 Å². The van der Waals surface area contributed by atoms with Crippen molar-refractivity contribution in [2.24, 2.45) is 0 Å². The molecule has 2 aromatic rings. The molecule has 0 saturated carbocycles. The van der Waals surface area contributed by atoms with Crippen LogP contribution in [0.15, 0.2) is 24.3 Å². The normalized spacial score (nSPS) is 38.7. The largest absolute Gasteiger partial charge is 0.507 e. The summed E-state index contributed by atoms with van der Waals surface area (Å²) in [4.78, 5) is 40.8. The van der Waals surface area contributed by atoms with E-state index in [0.29, 0.717) is 18.4 Å². The maximum Gasteiger partial charge on any atom is 0.198 e. The van der Waals surface area contributed by atoms with E-state index in [4.69, 9.17) is 23.7 Å². The third kappa shape index (κ3) is 6.22. The summed E-state index contributed by atoms with van der Waals surface area (Å²) in [6.07, 6.45) is -6.73. The molecule has 0 radical (unpaired) electrons. The van der Waals surface area contributed by atoms with Crippen molar-refractivity contribution < 1.29 is 63.6 Å². The molecule has 3 fully saturated rings. The van der Waals surface area contributed by atoms with Crippen molar-refractivity contribution in [3.05, 3.63) is 63.2 Å². The molecule has 5 aliphatic rings. The number of phenols is 1. The summed E-state index contributed by atoms with van der Waals surface area (Å²) in [5, 5.41) is 53.2. The van der Waals surface area contributed by atoms with E-state index in [2.05, 4.69) is 0 Å². The quantitative estimate of drug-likeness (QED) is 0.261. The SMILES string of the molecule is CC1OC(OC2CC(c3ccc4c(c3O)C(=O)c3ccc5c(c3C4=O)C(=O)CC(C)(O)C5)OC(C)C2O)CCC1OC1CC(O)C(O)C(C)O1. The van der Waals surface area contributed by atoms with Gasteiger partial charge in [0.2, 0.25) is 0 Å². The lowest BCUT2D eigenvalue weighted by molar-refractivity contribution is -0.306. The van der Waals surface area contributed by atoms with E-state index in [1.165, 1.54) is 18.2 Å². The van der Waals surface area contributed by atoms with Gasteiger partial charge in [-0.1, -0.05) is 12.1 Å². The van der Waals surface area contributed by atoms with Crippen LogP contribution in [0.4, 0.5) is 0 Å². The zero-order valence-electron chi connectivity index (χ0n) is 28.4. The maximum atomic E-state index is 13.9. The predicted octanol–water partition coefficient (Wildman–Crippen LogP) is 2.41. The van der Waals surface area contributed by atoms with Crippen LogP contribution in [-0.2, 0) is 30.1 Å². The monoisotopic (exact) mass is 696 g/mol. The van der Waals surface area contributed by atoms with E-state index in [1.807, 2.05) is 6.92 Å². The third-order valence-corrected chi connectivity index (χ3v) is 10.8. The van der Waals surface area contributed by atoms with Crippen LogP contribution >= 0.6 is 0 Å². The van der Waals surface area contributed by atoms with Crippen molar-refractivity contribution in [3.63, 3.8) is 0 Å². The highest BCUT2D eigenvalue weighted by Crippen LogP contribution is 2.44. The summed E-state index contributed by atoms with van der Waals surface area (Å²) in [6, 6.07) is 6.01. The number of ketones is 3. The highest BCUT2D eigenvalue weighted by Gasteiger charge is 2.45. The first-order chi connectivity index (χ1) is 23.6. The Balaban J connectivity index is 1.06. The molecule has 12 atom stereocenters. The molecule has 3 saturated heterocycles. The van der Waals surface area contributed by atoms with Crippen molar-refractivity contribution in [2.75, 3.05) is 0 Å². The molecule has 2 aromatic carbocycles. The molecule has 0 spiro atoms. The number of fused-ring (bicyclic) bond motifs is 4. The van der Waals surface area contributed by atoms with Crippen LogP contribution in [-0.4, -0.2) is 110 Å². The fraction of sp³-hybridized carbons (Fsp3) is 0.595. The lowest BCUT2D eigenvalue weighted by Crippen LogP contribution is -2.51. The fourth-order valence-corrected chi connectivity index (χ4v) is 8.09. The van der Waals surface area contributed by atoms with Gasteiger partial charge >= 0.3 is 0 Å². The van der Waals surface area contributed by atoms with E-state index in [0.717, 1.165) is 0 Å². The first kappa shape index (κ1) is 35.3. The third-order valence-electron chi connectivity index (χ3n) is 10.8. The van der Waals surface area contributed by atoms with Crippen molar-refractivity contribution in [1.29, 1.82) is 0 Å². The molecule has 13 nitrogen and oxygen atoms in total. The number of carbonyl (C=O) groups is 3. The Kier molecular flexibility index (Phi) is 9.28. The van der Waals surface area contributed by atoms with Crippen LogP contribution in [0, 0.1) is 0 Å². The standard InChI is InChI=1S/C37H44O13/c1-15-24(49-28-11-22(38)32(40)16(2)48-28)9-10-27(47-15)50-26-12-25(46-17(3)33(26)41)19-7-8-21-31(34(19)42)36(44)20-6-5-18-13-37(4,45)14-23(39)29(18)30(20)35(21)43/h5-8,15-17,22,24-28,32-33,38,40-42,45H,9-14H2,1-4H3. The van der Waals surface area contributed by atoms with Crippen LogP contribution < -0.4 is 0 Å². The summed E-state index contributed by atoms with van der Waals surface area (Å²) in [7, 11) is 0. The summed E-state index contributed by atoms with van der Waals surface area (Å²) in [5.41, 5.74) is -0.546. The number of Topliss-reactive ketones (excluding diaryl/α,β-unsaturated/α-hetero) is 1. The number of aliphatic hydroxyl groups is 4. The molecule has 2 aliphatic carbocycles. The maximum absolute atomic E-state index is 13.9. The number of rotatable bonds is 5. The van der Waals surface area contributed by atoms with Gasteiger partial charge < -0.3 is 49.2 Å². The van der Waals surface area contributed by atoms with Gasteiger partial charge in [-0.25, -0.2) is 0 Å². The predicted molar refractivity (Wildman–Crippen MR) is 173 cm³/mol. The fourth-order valence-electron chi connectivity index (χ4n) is 8.09. The van der Waals surface area contributed by atoms with Gasteiger partial charge in [0, 0.05) is 59.9 Å². The van der Waals surface area contributed by atoms with Crippen molar-refractivity contribution in [1.82, 2.24) is 0 Å². The van der Waals surface area contributed by atoms with Crippen molar-refractivity contribution in [2.45, 2.75) is 139 Å². The first-order valence-electron chi connectivity index (χ1n) is 17.3. The molecular formula is C37H44O13. The van der Waals surface area contributed by atoms with Crippen LogP contribution in [0.5, 0.6) is 5.75 Å². The minimum atomic E-state index is -1.25. The number of ether oxygens (including phenoxy) is 5. The molecule has 0 aromatic heterocycles. The number of hydrogen-bond acceptors (Lipinski definition) is 13. The zero-order valence-corrected chi connectivity index (χ0v) is 28.4. The van der Waals surface area contributed by atoms with Gasteiger partial charge in [-0.2, -0.15) is 0 Å². The highest BCUT2D eigenvalue weighted by molar-refractivity contribution is 6.32. The van der Waals surface area contributed by atoms with E-state index < -0.39 is 90.1 Å². The molecule has 3 heterocycles. The lowest BCUT2D eigenvalue weighted by atomic mass is 9.73. The van der Waals surface area contributed by atoms with Crippen molar-refractivity contribution in [3.8, 4) is 5.75 Å². The summed E-state index contributed by atoms with van der Waals surface area (Å²) in [6.45, 7) is 6.74. The average molecular weight is 697 g/mol. The van der Waals surface area contributed by atoms with Gasteiger partial charge in [-0.05, 0) is 51.8 Å². The topological polar surface area (TPSA) is 199 Å². The van der Waals surface area contributed by atoms with Gasteiger partial charge in [0.25, 0.3) is 0 Å². The average Bonchev–Trinajstić information content (AvgIpc) is 3.04. The highest BCUT2D eigenvalue weighted by atomic mass is 16.7. The van der Waals surface area contributed by atoms with Gasteiger partial charge in [-0.15, -0.1) is 0 Å². The number of benzene rings is 2. The molecular weight excluding hydrogens is 652 g/mol. The molecule has 50 heavy (non-hydrogen) atoms. The Morgan fingerprint density at radius 3 is 2.08 bits per heavy atom. The van der Waals surface area contributed by atoms with Crippen LogP contribution in [0.25, 0.3) is 0 Å². The molecule has 7 rings (SSSR count). The minimum absolute atomic E-state index is 0.00154. The molecule has 5 N–H and O–H groups in total. The second-order valence-electron chi connectivity index (χ2n) is 14.7. The van der Waals surface area contributed by atoms with E-state index >= 15 is 0 Å². The van der Waals surface area contributed by atoms with Gasteiger partial charge in [0.15, 0.2) is 29.9 Å². The number of aliphatic hydroxyl groups excluding tert-OH is 3. The number of phenolic OH excluding ortho intramolecular Hbond substituents is 1. The molecule has 270 valence electrons. The van der Waals surface area contributed by atoms with Crippen LogP contribution in [0.3, 0.4) is 0 Å². The van der Waals surface area contributed by atoms with E-state index in [1.54, 1.807) is 26.8 Å². The van der Waals surface area contributed by atoms with Crippen molar-refractivity contribution >= 4 is 17.3 Å². The molecule has 13 heteroatoms. The Bertz CT molecular complexity index is 1690. The van der Waals surface area contributed by atoms with Gasteiger partial charge in [-0.3, -0.25) is 14.4 Å². The Hall–Kier alpha value is -3.11. The minimum Gasteiger partial charge on any atom is -0.507 e. The van der Waals surface area contributed by atoms with Gasteiger partial charge in [0.1, 0.15) is 18.0 Å². The summed E-state index contributed by atoms with van der Waals surface area (Å²) < 4.78 is 30.3. The molecule has 0 bridgehead atoms. The zero-order chi connectivity index (χ0) is 35.8. The second-order valence-corrected chi connectivity index (χ2v) is 14.7. The number of hydrogen-bond donors (Lipinski definition) is 5. The number of aromatic hydroxyl groups is 1. The van der Waals surface area contributed by atoms with Crippen LogP contribution in [0.2, 0.25) is 0 Å². The van der Waals surface area contributed by atoms with E-state index in [9.17, 15) is 39.9 Å². The summed E-state index contributed by atoms with van der Waals surface area (Å²) in [5.74, 6) is -1.98. The first-order valence-corrected chi connectivity index (χ1v) is 17.3. The summed E-state index contributed by atoms with van der Waals surface area (Å²) >= 11 is 0. The molecule has 12 unspecified atom stereocenters.